The number of benzene rings is 2. The number of rotatable bonds is 5. The fourth-order valence-corrected chi connectivity index (χ4v) is 2.27. The fourth-order valence-electron chi connectivity index (χ4n) is 2.27. The average molecular weight is 327 g/mol. The summed E-state index contributed by atoms with van der Waals surface area (Å²) in [5, 5.41) is 0. The van der Waals surface area contributed by atoms with Crippen LogP contribution >= 0.6 is 0 Å². The minimum atomic E-state index is -3.24. The van der Waals surface area contributed by atoms with Crippen LogP contribution in [0.3, 0.4) is 0 Å². The molecule has 1 amide bonds. The van der Waals surface area contributed by atoms with E-state index < -0.39 is 29.6 Å². The van der Waals surface area contributed by atoms with Gasteiger partial charge in [-0.1, -0.05) is 42.5 Å². The van der Waals surface area contributed by atoms with Crippen molar-refractivity contribution < 1.29 is 27.2 Å². The third-order valence-electron chi connectivity index (χ3n) is 3.54. The minimum absolute atomic E-state index is 0.292. The van der Waals surface area contributed by atoms with E-state index in [4.69, 9.17) is 0 Å². The van der Waals surface area contributed by atoms with Gasteiger partial charge in [-0.3, -0.25) is 4.79 Å². The van der Waals surface area contributed by atoms with Crippen molar-refractivity contribution in [2.45, 2.75) is 19.0 Å². The molecule has 1 atom stereocenters. The highest BCUT2D eigenvalue weighted by atomic mass is 19.3. The van der Waals surface area contributed by atoms with Crippen LogP contribution < -0.4 is 5.48 Å². The zero-order valence-corrected chi connectivity index (χ0v) is 12.0. The van der Waals surface area contributed by atoms with Crippen LogP contribution in [-0.4, -0.2) is 12.5 Å². The normalized spacial score (nSPS) is 13.7. The predicted octanol–water partition coefficient (Wildman–Crippen LogP) is 3.54. The molecule has 0 radical (unpaired) electrons. The van der Waals surface area contributed by atoms with Crippen LogP contribution in [0.5, 0.6) is 0 Å². The number of nitrogens with one attached hydrogen (secondary N) is 1. The third kappa shape index (κ3) is 3.34. The Morgan fingerprint density at radius 2 is 1.74 bits per heavy atom. The Labute approximate surface area is 129 Å². The summed E-state index contributed by atoms with van der Waals surface area (Å²) in [7, 11) is 0. The zero-order valence-electron chi connectivity index (χ0n) is 12.0. The van der Waals surface area contributed by atoms with Crippen LogP contribution in [0.2, 0.25) is 0 Å². The molecule has 2 aromatic carbocycles. The number of halogens is 4. The molecule has 2 rings (SSSR count). The lowest BCUT2D eigenvalue weighted by Gasteiger charge is -2.29. The van der Waals surface area contributed by atoms with E-state index in [1.165, 1.54) is 31.2 Å². The van der Waals surface area contributed by atoms with Gasteiger partial charge in [0.25, 0.3) is 5.91 Å². The lowest BCUT2D eigenvalue weighted by molar-refractivity contribution is -0.186. The topological polar surface area (TPSA) is 38.3 Å². The van der Waals surface area contributed by atoms with E-state index in [1.807, 2.05) is 0 Å². The molecular formula is C16H13F4NO2. The maximum atomic E-state index is 14.2. The Bertz CT molecular complexity index is 694. The second-order valence-corrected chi connectivity index (χ2v) is 4.90. The molecule has 0 saturated heterocycles. The van der Waals surface area contributed by atoms with E-state index in [9.17, 15) is 22.4 Å². The van der Waals surface area contributed by atoms with Crippen LogP contribution in [0.4, 0.5) is 17.6 Å². The molecule has 23 heavy (non-hydrogen) atoms. The molecule has 3 nitrogen and oxygen atoms in total. The van der Waals surface area contributed by atoms with Gasteiger partial charge in [-0.2, -0.15) is 8.78 Å². The molecule has 2 aromatic rings. The van der Waals surface area contributed by atoms with E-state index in [0.717, 1.165) is 6.07 Å². The largest absolute Gasteiger partial charge is 0.364 e. The van der Waals surface area contributed by atoms with Crippen molar-refractivity contribution in [3.05, 3.63) is 71.3 Å². The van der Waals surface area contributed by atoms with Crippen molar-refractivity contribution in [1.29, 1.82) is 0 Å². The average Bonchev–Trinajstić information content (AvgIpc) is 2.55. The lowest BCUT2D eigenvalue weighted by Crippen LogP contribution is -2.44. The monoisotopic (exact) mass is 327 g/mol. The third-order valence-corrected chi connectivity index (χ3v) is 3.54. The number of amides is 1. The first-order chi connectivity index (χ1) is 10.9. The van der Waals surface area contributed by atoms with Crippen molar-refractivity contribution in [3.8, 4) is 0 Å². The summed E-state index contributed by atoms with van der Waals surface area (Å²) >= 11 is 0. The summed E-state index contributed by atoms with van der Waals surface area (Å²) in [6.45, 7) is -1.94. The first kappa shape index (κ1) is 17.0. The van der Waals surface area contributed by atoms with E-state index in [-0.39, 0.29) is 5.56 Å². The van der Waals surface area contributed by atoms with E-state index >= 15 is 0 Å². The molecule has 1 N–H and O–H groups in total. The first-order valence-corrected chi connectivity index (χ1v) is 6.61. The Morgan fingerprint density at radius 3 is 2.35 bits per heavy atom. The number of hydrogen-bond donors (Lipinski definition) is 1. The van der Waals surface area contributed by atoms with Crippen molar-refractivity contribution in [2.24, 2.45) is 0 Å². The number of hydroxylamine groups is 1. The van der Waals surface area contributed by atoms with Gasteiger partial charge in [-0.15, -0.1) is 0 Å². The smallest absolute Gasteiger partial charge is 0.271 e. The molecular weight excluding hydrogens is 314 g/mol. The number of alkyl halides is 2. The zero-order chi connectivity index (χ0) is 17.0. The maximum absolute atomic E-state index is 14.2. The highest BCUT2D eigenvalue weighted by Crippen LogP contribution is 2.34. The quantitative estimate of drug-likeness (QED) is 0.674. The van der Waals surface area contributed by atoms with Gasteiger partial charge in [0.2, 0.25) is 0 Å². The number of carbonyl (C=O) groups excluding carboxylic acids is 1. The summed E-state index contributed by atoms with van der Waals surface area (Å²) in [6, 6.07) is 11.2. The molecule has 0 aliphatic rings. The molecule has 0 aliphatic heterocycles. The fraction of sp³-hybridized carbons (Fsp3) is 0.188. The Hall–Kier alpha value is -2.41. The molecule has 7 heteroatoms. The first-order valence-electron chi connectivity index (χ1n) is 6.61. The van der Waals surface area contributed by atoms with Gasteiger partial charge < -0.3 is 0 Å². The highest BCUT2D eigenvalue weighted by molar-refractivity contribution is 5.91. The number of carbonyl (C=O) groups is 1. The molecule has 0 saturated carbocycles. The lowest BCUT2D eigenvalue weighted by atomic mass is 9.75. The molecule has 0 bridgehead atoms. The summed E-state index contributed by atoms with van der Waals surface area (Å²) in [5.74, 6) is -3.42. The van der Waals surface area contributed by atoms with Crippen LogP contribution in [0.15, 0.2) is 48.5 Å². The van der Waals surface area contributed by atoms with Crippen molar-refractivity contribution in [1.82, 2.24) is 5.48 Å². The Morgan fingerprint density at radius 1 is 1.09 bits per heavy atom. The van der Waals surface area contributed by atoms with Gasteiger partial charge in [-0.05, 0) is 18.6 Å². The summed E-state index contributed by atoms with van der Waals surface area (Å²) in [5.41, 5.74) is -0.174. The summed E-state index contributed by atoms with van der Waals surface area (Å²) < 4.78 is 52.1. The molecule has 0 spiro atoms. The maximum Gasteiger partial charge on any atom is 0.364 e. The standard InChI is InChI=1S/C16H13F4NO2/c1-16(10-6-3-2-4-7-10,14(22)21-23-15(19)20)11-8-5-9-12(17)13(11)18/h2-9,15H,1H3,(H,21,22). The summed E-state index contributed by atoms with van der Waals surface area (Å²) in [4.78, 5) is 16.2. The Balaban J connectivity index is 2.56. The van der Waals surface area contributed by atoms with Gasteiger partial charge in [0, 0.05) is 5.56 Å². The molecule has 0 aliphatic carbocycles. The van der Waals surface area contributed by atoms with Gasteiger partial charge >= 0.3 is 6.61 Å². The van der Waals surface area contributed by atoms with Crippen LogP contribution in [-0.2, 0) is 15.0 Å². The van der Waals surface area contributed by atoms with E-state index in [2.05, 4.69) is 4.84 Å². The van der Waals surface area contributed by atoms with Crippen molar-refractivity contribution >= 4 is 5.91 Å². The van der Waals surface area contributed by atoms with Crippen molar-refractivity contribution in [3.63, 3.8) is 0 Å². The number of hydrogen-bond acceptors (Lipinski definition) is 2. The van der Waals surface area contributed by atoms with Gasteiger partial charge in [0.1, 0.15) is 5.41 Å². The van der Waals surface area contributed by atoms with Crippen LogP contribution in [0, 0.1) is 11.6 Å². The van der Waals surface area contributed by atoms with Gasteiger partial charge in [0.15, 0.2) is 11.6 Å². The summed E-state index contributed by atoms with van der Waals surface area (Å²) in [6.07, 6.45) is 0. The Kier molecular flexibility index (Phi) is 5.00. The van der Waals surface area contributed by atoms with Crippen LogP contribution in [0.1, 0.15) is 18.1 Å². The molecule has 0 heterocycles. The molecule has 1 unspecified atom stereocenters. The van der Waals surface area contributed by atoms with E-state index in [0.29, 0.717) is 5.56 Å². The van der Waals surface area contributed by atoms with Gasteiger partial charge in [0.05, 0.1) is 0 Å². The molecule has 122 valence electrons. The van der Waals surface area contributed by atoms with E-state index in [1.54, 1.807) is 23.7 Å². The molecule has 0 fully saturated rings. The van der Waals surface area contributed by atoms with Gasteiger partial charge in [-0.25, -0.2) is 19.1 Å². The van der Waals surface area contributed by atoms with Crippen LogP contribution in [0.25, 0.3) is 0 Å². The molecule has 0 aromatic heterocycles. The SMILES string of the molecule is CC(C(=O)NOC(F)F)(c1ccccc1)c1cccc(F)c1F. The minimum Gasteiger partial charge on any atom is -0.271 e. The second-order valence-electron chi connectivity index (χ2n) is 4.90. The predicted molar refractivity (Wildman–Crippen MR) is 74.5 cm³/mol. The van der Waals surface area contributed by atoms with Crippen molar-refractivity contribution in [2.75, 3.05) is 0 Å². The highest BCUT2D eigenvalue weighted by Gasteiger charge is 2.40. The second kappa shape index (κ2) is 6.78.